The summed E-state index contributed by atoms with van der Waals surface area (Å²) in [5, 5.41) is 11.4. The number of amides is 1. The zero-order valence-corrected chi connectivity index (χ0v) is 20.8. The quantitative estimate of drug-likeness (QED) is 0.308. The Hall–Kier alpha value is -3.81. The molecule has 0 saturated heterocycles. The molecule has 5 nitrogen and oxygen atoms in total. The summed E-state index contributed by atoms with van der Waals surface area (Å²) < 4.78 is 45.1. The molecular formula is C30H30F3NO4. The highest BCUT2D eigenvalue weighted by Gasteiger charge is 2.30. The lowest BCUT2D eigenvalue weighted by Crippen LogP contribution is -2.26. The molecule has 1 aliphatic carbocycles. The van der Waals surface area contributed by atoms with E-state index in [-0.39, 0.29) is 25.0 Å². The molecule has 1 saturated carbocycles. The van der Waals surface area contributed by atoms with Gasteiger partial charge >= 0.3 is 12.1 Å². The Kier molecular flexibility index (Phi) is 8.71. The summed E-state index contributed by atoms with van der Waals surface area (Å²) in [5.41, 5.74) is 2.19. The van der Waals surface area contributed by atoms with E-state index in [9.17, 15) is 22.8 Å². The lowest BCUT2D eigenvalue weighted by Gasteiger charge is -2.31. The van der Waals surface area contributed by atoms with Gasteiger partial charge in [-0.15, -0.1) is 0 Å². The molecular weight excluding hydrogens is 495 g/mol. The fourth-order valence-electron chi connectivity index (χ4n) is 4.81. The van der Waals surface area contributed by atoms with Crippen LogP contribution in [0, 0.1) is 5.92 Å². The highest BCUT2D eigenvalue weighted by molar-refractivity contribution is 5.94. The first kappa shape index (κ1) is 27.2. The molecule has 0 spiro atoms. The van der Waals surface area contributed by atoms with Crippen molar-refractivity contribution in [3.63, 3.8) is 0 Å². The van der Waals surface area contributed by atoms with Crippen LogP contribution in [-0.2, 0) is 11.0 Å². The Morgan fingerprint density at radius 2 is 1.45 bits per heavy atom. The predicted molar refractivity (Wildman–Crippen MR) is 138 cm³/mol. The third-order valence-electron chi connectivity index (χ3n) is 6.87. The number of hydrogen-bond acceptors (Lipinski definition) is 3. The van der Waals surface area contributed by atoms with Crippen LogP contribution in [0.5, 0.6) is 5.75 Å². The SMILES string of the molecule is O=C(O)CCNC(=O)c1ccc(C(Oc2ccc(-c3ccc(C(F)(F)F)cc3)cc2)C2CCCCC2)cc1. The summed E-state index contributed by atoms with van der Waals surface area (Å²) in [6.07, 6.45) is 0.795. The third-order valence-corrected chi connectivity index (χ3v) is 6.87. The van der Waals surface area contributed by atoms with Crippen molar-refractivity contribution in [2.45, 2.75) is 50.8 Å². The number of rotatable bonds is 9. The van der Waals surface area contributed by atoms with Gasteiger partial charge in [-0.05, 0) is 65.9 Å². The second kappa shape index (κ2) is 12.2. The minimum atomic E-state index is -4.37. The average Bonchev–Trinajstić information content (AvgIpc) is 2.92. The summed E-state index contributed by atoms with van der Waals surface area (Å²) in [6.45, 7) is 0.0617. The van der Waals surface area contributed by atoms with E-state index in [0.717, 1.165) is 48.9 Å². The number of carbonyl (C=O) groups excluding carboxylic acids is 1. The van der Waals surface area contributed by atoms with E-state index in [2.05, 4.69) is 5.32 Å². The van der Waals surface area contributed by atoms with Crippen LogP contribution in [0.4, 0.5) is 13.2 Å². The van der Waals surface area contributed by atoms with E-state index in [1.807, 2.05) is 36.4 Å². The molecule has 1 atom stereocenters. The van der Waals surface area contributed by atoms with Crippen LogP contribution in [0.25, 0.3) is 11.1 Å². The van der Waals surface area contributed by atoms with Crippen molar-refractivity contribution in [3.05, 3.63) is 89.5 Å². The van der Waals surface area contributed by atoms with E-state index >= 15 is 0 Å². The number of carboxylic acids is 1. The summed E-state index contributed by atoms with van der Waals surface area (Å²) in [5.74, 6) is -0.326. The second-order valence-corrected chi connectivity index (χ2v) is 9.56. The maximum Gasteiger partial charge on any atom is 0.416 e. The number of hydrogen-bond donors (Lipinski definition) is 2. The molecule has 3 aromatic carbocycles. The summed E-state index contributed by atoms with van der Waals surface area (Å²) in [6, 6.07) is 19.6. The molecule has 38 heavy (non-hydrogen) atoms. The number of alkyl halides is 3. The molecule has 1 fully saturated rings. The minimum Gasteiger partial charge on any atom is -0.485 e. The van der Waals surface area contributed by atoms with Gasteiger partial charge in [-0.1, -0.05) is 55.7 Å². The van der Waals surface area contributed by atoms with Crippen molar-refractivity contribution in [1.82, 2.24) is 5.32 Å². The van der Waals surface area contributed by atoms with E-state index in [1.165, 1.54) is 18.6 Å². The second-order valence-electron chi connectivity index (χ2n) is 9.56. The highest BCUT2D eigenvalue weighted by Crippen LogP contribution is 2.38. The van der Waals surface area contributed by atoms with Crippen molar-refractivity contribution in [2.24, 2.45) is 5.92 Å². The van der Waals surface area contributed by atoms with Gasteiger partial charge in [0.15, 0.2) is 0 Å². The fraction of sp³-hybridized carbons (Fsp3) is 0.333. The fourth-order valence-corrected chi connectivity index (χ4v) is 4.81. The van der Waals surface area contributed by atoms with Gasteiger partial charge in [0.05, 0.1) is 12.0 Å². The number of carboxylic acid groups (broad SMARTS) is 1. The van der Waals surface area contributed by atoms with Gasteiger partial charge in [-0.3, -0.25) is 9.59 Å². The van der Waals surface area contributed by atoms with Crippen molar-refractivity contribution < 1.29 is 32.6 Å². The molecule has 4 rings (SSSR count). The topological polar surface area (TPSA) is 75.6 Å². The maximum atomic E-state index is 12.9. The van der Waals surface area contributed by atoms with E-state index in [0.29, 0.717) is 22.8 Å². The Labute approximate surface area is 219 Å². The third kappa shape index (κ3) is 7.15. The number of carbonyl (C=O) groups is 2. The molecule has 1 aliphatic rings. The van der Waals surface area contributed by atoms with Crippen molar-refractivity contribution in [2.75, 3.05) is 6.54 Å². The zero-order valence-electron chi connectivity index (χ0n) is 20.8. The van der Waals surface area contributed by atoms with Gasteiger partial charge < -0.3 is 15.2 Å². The Morgan fingerprint density at radius 3 is 2.00 bits per heavy atom. The summed E-state index contributed by atoms with van der Waals surface area (Å²) in [4.78, 5) is 23.0. The number of nitrogens with one attached hydrogen (secondary N) is 1. The van der Waals surface area contributed by atoms with Crippen LogP contribution in [-0.4, -0.2) is 23.5 Å². The molecule has 0 heterocycles. The molecule has 0 aliphatic heterocycles. The predicted octanol–water partition coefficient (Wildman–Crippen LogP) is 7.28. The summed E-state index contributed by atoms with van der Waals surface area (Å²) >= 11 is 0. The molecule has 200 valence electrons. The minimum absolute atomic E-state index is 0.0617. The van der Waals surface area contributed by atoms with E-state index in [1.54, 1.807) is 12.1 Å². The van der Waals surface area contributed by atoms with Gasteiger partial charge in [0, 0.05) is 18.0 Å². The number of ether oxygens (including phenoxy) is 1. The van der Waals surface area contributed by atoms with Gasteiger partial charge in [0.2, 0.25) is 0 Å². The van der Waals surface area contributed by atoms with E-state index in [4.69, 9.17) is 9.84 Å². The Bertz CT molecular complexity index is 1220. The van der Waals surface area contributed by atoms with Crippen LogP contribution in [0.3, 0.4) is 0 Å². The summed E-state index contributed by atoms with van der Waals surface area (Å²) in [7, 11) is 0. The standard InChI is InChI=1S/C30H30F3NO4/c31-30(32,33)25-14-10-20(11-15-25)21-12-16-26(17-13-21)38-28(22-4-2-1-3-5-22)23-6-8-24(9-7-23)29(37)34-19-18-27(35)36/h6-17,22,28H,1-5,18-19H2,(H,34,37)(H,35,36). The lowest BCUT2D eigenvalue weighted by atomic mass is 9.82. The van der Waals surface area contributed by atoms with Crippen molar-refractivity contribution >= 4 is 11.9 Å². The molecule has 1 unspecified atom stereocenters. The monoisotopic (exact) mass is 525 g/mol. The van der Waals surface area contributed by atoms with E-state index < -0.39 is 17.7 Å². The average molecular weight is 526 g/mol. The molecule has 0 radical (unpaired) electrons. The first-order valence-electron chi connectivity index (χ1n) is 12.7. The number of aliphatic carboxylic acids is 1. The van der Waals surface area contributed by atoms with Crippen molar-refractivity contribution in [3.8, 4) is 16.9 Å². The normalized spacial score (nSPS) is 15.0. The van der Waals surface area contributed by atoms with Crippen LogP contribution >= 0.6 is 0 Å². The molecule has 8 heteroatoms. The lowest BCUT2D eigenvalue weighted by molar-refractivity contribution is -0.138. The van der Waals surface area contributed by atoms with Crippen LogP contribution in [0.2, 0.25) is 0 Å². The van der Waals surface area contributed by atoms with Crippen LogP contribution in [0.1, 0.15) is 66.1 Å². The smallest absolute Gasteiger partial charge is 0.416 e. The molecule has 0 aromatic heterocycles. The van der Waals surface area contributed by atoms with Gasteiger partial charge in [-0.2, -0.15) is 13.2 Å². The Morgan fingerprint density at radius 1 is 0.868 bits per heavy atom. The van der Waals surface area contributed by atoms with Crippen molar-refractivity contribution in [1.29, 1.82) is 0 Å². The zero-order chi connectivity index (χ0) is 27.1. The number of benzene rings is 3. The van der Waals surface area contributed by atoms with Gasteiger partial charge in [0.25, 0.3) is 5.91 Å². The molecule has 0 bridgehead atoms. The first-order chi connectivity index (χ1) is 18.2. The molecule has 3 aromatic rings. The molecule has 1 amide bonds. The van der Waals surface area contributed by atoms with Crippen LogP contribution < -0.4 is 10.1 Å². The van der Waals surface area contributed by atoms with Crippen LogP contribution in [0.15, 0.2) is 72.8 Å². The highest BCUT2D eigenvalue weighted by atomic mass is 19.4. The van der Waals surface area contributed by atoms with Gasteiger partial charge in [0.1, 0.15) is 11.9 Å². The Balaban J connectivity index is 1.48. The largest absolute Gasteiger partial charge is 0.485 e. The molecule has 2 N–H and O–H groups in total. The number of halogens is 3. The first-order valence-corrected chi connectivity index (χ1v) is 12.7. The van der Waals surface area contributed by atoms with Gasteiger partial charge in [-0.25, -0.2) is 0 Å². The maximum absolute atomic E-state index is 12.9.